The first-order valence-electron chi connectivity index (χ1n) is 9.11. The summed E-state index contributed by atoms with van der Waals surface area (Å²) in [6.45, 7) is 2.53. The minimum Gasteiger partial charge on any atom is -0.623 e. The molecule has 4 unspecified atom stereocenters. The molecule has 2 amide bonds. The van der Waals surface area contributed by atoms with E-state index in [0.29, 0.717) is 19.4 Å². The topological polar surface area (TPSA) is 76.9 Å². The van der Waals surface area contributed by atoms with Gasteiger partial charge in [-0.1, -0.05) is 37.3 Å². The Labute approximate surface area is 153 Å². The van der Waals surface area contributed by atoms with E-state index >= 15 is 0 Å². The first-order valence-corrected chi connectivity index (χ1v) is 10.8. The first kappa shape index (κ1) is 17.6. The van der Waals surface area contributed by atoms with Crippen molar-refractivity contribution in [1.82, 2.24) is 9.76 Å². The molecule has 4 atom stereocenters. The van der Waals surface area contributed by atoms with E-state index in [2.05, 4.69) is 11.2 Å². The number of hydrogen-bond donors (Lipinski definition) is 2. The fourth-order valence-electron chi connectivity index (χ4n) is 4.10. The lowest BCUT2D eigenvalue weighted by Gasteiger charge is -2.47. The van der Waals surface area contributed by atoms with Crippen molar-refractivity contribution < 1.29 is 14.7 Å². The lowest BCUT2D eigenvalue weighted by Crippen LogP contribution is -3.17. The quantitative estimate of drug-likeness (QED) is 0.626. The van der Waals surface area contributed by atoms with Crippen molar-refractivity contribution in [2.24, 2.45) is 5.92 Å². The van der Waals surface area contributed by atoms with Gasteiger partial charge in [-0.15, -0.1) is 4.67 Å². The third kappa shape index (κ3) is 2.41. The highest BCUT2D eigenvalue weighted by molar-refractivity contribution is 7.93. The number of benzene rings is 1. The van der Waals surface area contributed by atoms with Crippen LogP contribution in [0.2, 0.25) is 0 Å². The van der Waals surface area contributed by atoms with Gasteiger partial charge in [0.05, 0.1) is 5.70 Å². The van der Waals surface area contributed by atoms with Crippen LogP contribution in [0.3, 0.4) is 0 Å². The van der Waals surface area contributed by atoms with Crippen LogP contribution in [0.4, 0.5) is 4.79 Å². The molecule has 2 fully saturated rings. The Morgan fingerprint density at radius 3 is 2.81 bits per heavy atom. The summed E-state index contributed by atoms with van der Waals surface area (Å²) in [4.78, 5) is 26.8. The smallest absolute Gasteiger partial charge is 0.495 e. The van der Waals surface area contributed by atoms with Crippen LogP contribution in [-0.4, -0.2) is 28.8 Å². The zero-order valence-corrected chi connectivity index (χ0v) is 15.6. The van der Waals surface area contributed by atoms with Gasteiger partial charge >= 0.3 is 19.1 Å². The number of carbonyl (C=O) groups excluding carboxylic acids is 2. The van der Waals surface area contributed by atoms with Crippen molar-refractivity contribution in [3.63, 3.8) is 0 Å². The Balaban J connectivity index is 1.91. The molecule has 7 heteroatoms. The Hall–Kier alpha value is -1.85. The van der Waals surface area contributed by atoms with Crippen LogP contribution in [0.15, 0.2) is 54.3 Å². The molecule has 6 nitrogen and oxygen atoms in total. The molecule has 0 radical (unpaired) electrons. The molecule has 2 aliphatic heterocycles. The van der Waals surface area contributed by atoms with Crippen LogP contribution in [0.25, 0.3) is 0 Å². The highest BCUT2D eigenvalue weighted by atomic mass is 31.2. The Kier molecular flexibility index (Phi) is 4.53. The van der Waals surface area contributed by atoms with E-state index in [1.165, 1.54) is 0 Å². The van der Waals surface area contributed by atoms with E-state index in [-0.39, 0.29) is 11.8 Å². The minimum atomic E-state index is -2.96. The predicted molar refractivity (Wildman–Crippen MR) is 102 cm³/mol. The second kappa shape index (κ2) is 6.71. The van der Waals surface area contributed by atoms with Gasteiger partial charge in [0.25, 0.3) is 0 Å². The number of nitrogens with one attached hydrogen (secondary N) is 2. The van der Waals surface area contributed by atoms with Crippen LogP contribution in [0, 0.1) is 11.1 Å². The molecule has 1 aromatic rings. The number of quaternary nitrogens is 1. The summed E-state index contributed by atoms with van der Waals surface area (Å²) >= 11 is 0. The van der Waals surface area contributed by atoms with Gasteiger partial charge in [0.2, 0.25) is 0 Å². The molecule has 2 N–H and O–H groups in total. The van der Waals surface area contributed by atoms with Crippen LogP contribution in [-0.2, 0) is 4.79 Å². The van der Waals surface area contributed by atoms with Gasteiger partial charge in [0, 0.05) is 18.9 Å². The molecule has 136 valence electrons. The maximum Gasteiger partial charge on any atom is 0.495 e. The summed E-state index contributed by atoms with van der Waals surface area (Å²) in [5.74, 6) is -0.0588. The number of amides is 2. The Bertz CT molecular complexity index is 794. The minimum absolute atomic E-state index is 0.157. The molecule has 3 aliphatic rings. The summed E-state index contributed by atoms with van der Waals surface area (Å²) in [6, 6.07) is 8.44. The second-order valence-electron chi connectivity index (χ2n) is 6.95. The number of allylic oxidation sites excluding steroid dienone is 3. The molecular formula is C19H23N3O3P+. The van der Waals surface area contributed by atoms with E-state index in [9.17, 15) is 14.8 Å². The van der Waals surface area contributed by atoms with E-state index in [0.717, 1.165) is 17.4 Å². The zero-order valence-electron chi connectivity index (χ0n) is 14.7. The predicted octanol–water partition coefficient (Wildman–Crippen LogP) is 1.74. The Morgan fingerprint density at radius 1 is 1.31 bits per heavy atom. The lowest BCUT2D eigenvalue weighted by molar-refractivity contribution is -0.774. The van der Waals surface area contributed by atoms with Gasteiger partial charge in [-0.2, -0.15) is 9.88 Å². The first-order chi connectivity index (χ1) is 12.6. The molecule has 0 spiro atoms. The van der Waals surface area contributed by atoms with Crippen LogP contribution in [0.1, 0.15) is 26.2 Å². The molecule has 4 rings (SSSR count). The van der Waals surface area contributed by atoms with Gasteiger partial charge < -0.3 is 5.21 Å². The number of carbonyl (C=O) groups is 2. The van der Waals surface area contributed by atoms with Crippen molar-refractivity contribution in [1.29, 1.82) is 0 Å². The van der Waals surface area contributed by atoms with Crippen molar-refractivity contribution >= 4 is 24.4 Å². The van der Waals surface area contributed by atoms with E-state index < -0.39 is 24.3 Å². The lowest BCUT2D eigenvalue weighted by atomic mass is 9.96. The molecular weight excluding hydrogens is 349 g/mol. The third-order valence-electron chi connectivity index (χ3n) is 5.39. The van der Waals surface area contributed by atoms with E-state index in [1.807, 2.05) is 49.4 Å². The molecule has 0 saturated carbocycles. The van der Waals surface area contributed by atoms with Crippen molar-refractivity contribution in [2.75, 3.05) is 6.54 Å². The largest absolute Gasteiger partial charge is 0.623 e. The molecule has 2 heterocycles. The number of nitrogens with zero attached hydrogens (tertiary/aromatic N) is 1. The van der Waals surface area contributed by atoms with Gasteiger partial charge in [0.15, 0.2) is 6.04 Å². The number of rotatable bonds is 3. The second-order valence-corrected chi connectivity index (χ2v) is 9.86. The van der Waals surface area contributed by atoms with Crippen LogP contribution in [0.5, 0.6) is 0 Å². The fraction of sp³-hybridized carbons (Fsp3) is 0.368. The Morgan fingerprint density at radius 2 is 2.08 bits per heavy atom. The summed E-state index contributed by atoms with van der Waals surface area (Å²) in [5.41, 5.74) is 0.464. The molecule has 0 aromatic heterocycles. The molecule has 1 aromatic carbocycles. The summed E-state index contributed by atoms with van der Waals surface area (Å²) in [6.07, 6.45) is 7.90. The highest BCUT2D eigenvalue weighted by Gasteiger charge is 2.71. The SMILES string of the molecule is CCCC1C(=O)N2C3=CC=CCC3CN[P+]2(c2ccccc2)C(=O)[NH+]1[O-]. The van der Waals surface area contributed by atoms with Gasteiger partial charge in [-0.05, 0) is 31.1 Å². The van der Waals surface area contributed by atoms with E-state index in [1.54, 1.807) is 4.67 Å². The molecule has 1 aliphatic carbocycles. The maximum absolute atomic E-state index is 13.4. The third-order valence-corrected chi connectivity index (χ3v) is 8.91. The fourth-order valence-corrected chi connectivity index (χ4v) is 7.79. The molecule has 2 saturated heterocycles. The summed E-state index contributed by atoms with van der Waals surface area (Å²) in [5, 5.41) is 16.5. The normalized spacial score (nSPS) is 33.5. The molecule has 0 bridgehead atoms. The van der Waals surface area contributed by atoms with Crippen molar-refractivity contribution in [2.45, 2.75) is 32.2 Å². The summed E-state index contributed by atoms with van der Waals surface area (Å²) in [7, 11) is -2.96. The van der Waals surface area contributed by atoms with Crippen molar-refractivity contribution in [3.05, 3.63) is 59.5 Å². The van der Waals surface area contributed by atoms with E-state index in [4.69, 9.17) is 0 Å². The standard InChI is InChI=1S/C19H23N3O3P/c1-2-8-17-18(23)22-16-12-7-6-9-14(16)13-20-26(22,19(24)21(17)25)15-10-4-3-5-11-15/h3-7,10-12,14,17,20-21H,2,8-9,13H2,1H3/q+1. The van der Waals surface area contributed by atoms with Gasteiger partial charge in [-0.3, -0.25) is 9.86 Å². The zero-order chi connectivity index (χ0) is 18.3. The molecule has 26 heavy (non-hydrogen) atoms. The monoisotopic (exact) mass is 372 g/mol. The van der Waals surface area contributed by atoms with Gasteiger partial charge in [0.1, 0.15) is 5.30 Å². The summed E-state index contributed by atoms with van der Waals surface area (Å²) < 4.78 is 1.70. The van der Waals surface area contributed by atoms with Crippen LogP contribution < -0.4 is 15.5 Å². The number of hydrogen-bond acceptors (Lipinski definition) is 4. The van der Waals surface area contributed by atoms with Crippen molar-refractivity contribution in [3.8, 4) is 0 Å². The van der Waals surface area contributed by atoms with Crippen LogP contribution >= 0.6 is 7.56 Å². The average Bonchev–Trinajstić information content (AvgIpc) is 2.69. The number of hydroxylamine groups is 2. The highest BCUT2D eigenvalue weighted by Crippen LogP contribution is 2.63. The number of fused-ring (bicyclic) bond motifs is 3. The maximum atomic E-state index is 13.4. The average molecular weight is 372 g/mol. The van der Waals surface area contributed by atoms with Gasteiger partial charge in [-0.25, -0.2) is 0 Å².